The van der Waals surface area contributed by atoms with Gasteiger partial charge in [0.2, 0.25) is 0 Å². The molecule has 0 saturated carbocycles. The van der Waals surface area contributed by atoms with Crippen LogP contribution in [0.4, 0.5) is 11.4 Å². The van der Waals surface area contributed by atoms with Gasteiger partial charge in [-0.1, -0.05) is 12.1 Å². The normalized spacial score (nSPS) is 10.2. The highest BCUT2D eigenvalue weighted by Crippen LogP contribution is 2.23. The molecule has 0 bridgehead atoms. The highest BCUT2D eigenvalue weighted by Gasteiger charge is 2.19. The van der Waals surface area contributed by atoms with Gasteiger partial charge in [0.25, 0.3) is 11.5 Å². The summed E-state index contributed by atoms with van der Waals surface area (Å²) in [6.07, 6.45) is 0. The van der Waals surface area contributed by atoms with Crippen LogP contribution in [0.5, 0.6) is 0 Å². The lowest BCUT2D eigenvalue weighted by molar-refractivity contribution is 0.0982. The van der Waals surface area contributed by atoms with Crippen molar-refractivity contribution in [2.45, 2.75) is 6.92 Å². The van der Waals surface area contributed by atoms with Crippen molar-refractivity contribution in [3.8, 4) is 0 Å². The molecule has 2 rings (SSSR count). The maximum Gasteiger partial charge on any atom is 0.278 e. The molecule has 0 radical (unpaired) electrons. The van der Waals surface area contributed by atoms with E-state index in [-0.39, 0.29) is 17.2 Å². The van der Waals surface area contributed by atoms with Crippen molar-refractivity contribution in [3.63, 3.8) is 0 Å². The van der Waals surface area contributed by atoms with Crippen LogP contribution in [0.3, 0.4) is 0 Å². The van der Waals surface area contributed by atoms with Gasteiger partial charge in [0.1, 0.15) is 5.69 Å². The number of carbonyl (C=O) groups excluding carboxylic acids is 1. The Morgan fingerprint density at radius 2 is 2.05 bits per heavy atom. The quantitative estimate of drug-likeness (QED) is 0.804. The van der Waals surface area contributed by atoms with Crippen LogP contribution in [0.25, 0.3) is 0 Å². The largest absolute Gasteiger partial charge is 0.397 e. The predicted molar refractivity (Wildman–Crippen MR) is 73.1 cm³/mol. The van der Waals surface area contributed by atoms with Gasteiger partial charge in [0, 0.05) is 12.6 Å². The predicted octanol–water partition coefficient (Wildman–Crippen LogP) is 1.02. The third-order valence-electron chi connectivity index (χ3n) is 2.69. The molecule has 6 nitrogen and oxygen atoms in total. The number of carbonyl (C=O) groups is 1. The molecule has 0 fully saturated rings. The summed E-state index contributed by atoms with van der Waals surface area (Å²) >= 11 is 0. The lowest BCUT2D eigenvalue weighted by Gasteiger charge is -2.21. The number of aromatic nitrogens is 2. The Balaban J connectivity index is 2.37. The highest BCUT2D eigenvalue weighted by molar-refractivity contribution is 6.06. The number of benzene rings is 1. The average Bonchev–Trinajstić information content (AvgIpc) is 2.42. The minimum absolute atomic E-state index is 0.171. The maximum atomic E-state index is 12.3. The molecule has 0 saturated heterocycles. The van der Waals surface area contributed by atoms with Crippen molar-refractivity contribution in [2.24, 2.45) is 0 Å². The molecule has 1 amide bonds. The molecule has 0 aliphatic heterocycles. The Bertz CT molecular complexity index is 631. The number of nitrogen functional groups attached to an aromatic ring is 1. The molecular weight excluding hydrogens is 244 g/mol. The number of para-hydroxylation sites is 2. The van der Waals surface area contributed by atoms with Crippen LogP contribution in [-0.4, -0.2) is 22.6 Å². The lowest BCUT2D eigenvalue weighted by atomic mass is 10.2. The van der Waals surface area contributed by atoms with E-state index in [1.165, 1.54) is 17.0 Å². The standard InChI is InChI=1S/C13H14N4O2/c1-2-17(11-6-4-3-5-9(11)14)13(19)10-7-8-12(18)16-15-10/h3-8H,2,14H2,1H3,(H,16,18). The zero-order valence-electron chi connectivity index (χ0n) is 10.5. The van der Waals surface area contributed by atoms with Gasteiger partial charge in [-0.25, -0.2) is 5.10 Å². The van der Waals surface area contributed by atoms with Crippen molar-refractivity contribution in [3.05, 3.63) is 52.4 Å². The van der Waals surface area contributed by atoms with Crippen LogP contribution in [-0.2, 0) is 0 Å². The molecule has 98 valence electrons. The Kier molecular flexibility index (Phi) is 3.61. The average molecular weight is 258 g/mol. The van der Waals surface area contributed by atoms with Crippen molar-refractivity contribution in [1.82, 2.24) is 10.2 Å². The number of hydrogen-bond donors (Lipinski definition) is 2. The lowest BCUT2D eigenvalue weighted by Crippen LogP contribution is -2.32. The Morgan fingerprint density at radius 3 is 2.63 bits per heavy atom. The second kappa shape index (κ2) is 5.34. The highest BCUT2D eigenvalue weighted by atomic mass is 16.2. The van der Waals surface area contributed by atoms with Gasteiger partial charge < -0.3 is 10.6 Å². The van der Waals surface area contributed by atoms with Crippen LogP contribution in [0.15, 0.2) is 41.2 Å². The molecule has 0 aliphatic rings. The third-order valence-corrected chi connectivity index (χ3v) is 2.69. The second-order valence-corrected chi connectivity index (χ2v) is 3.91. The Hall–Kier alpha value is -2.63. The number of rotatable bonds is 3. The summed E-state index contributed by atoms with van der Waals surface area (Å²) in [6.45, 7) is 2.30. The number of nitrogens with two attached hydrogens (primary N) is 1. The summed E-state index contributed by atoms with van der Waals surface area (Å²) < 4.78 is 0. The van der Waals surface area contributed by atoms with E-state index in [0.717, 1.165) is 0 Å². The fourth-order valence-electron chi connectivity index (χ4n) is 1.76. The van der Waals surface area contributed by atoms with Crippen molar-refractivity contribution in [1.29, 1.82) is 0 Å². The molecular formula is C13H14N4O2. The molecule has 0 unspecified atom stereocenters. The van der Waals surface area contributed by atoms with E-state index < -0.39 is 0 Å². The van der Waals surface area contributed by atoms with Crippen LogP contribution in [0, 0.1) is 0 Å². The number of nitrogens with zero attached hydrogens (tertiary/aromatic N) is 2. The van der Waals surface area contributed by atoms with Gasteiger partial charge in [-0.05, 0) is 25.1 Å². The minimum atomic E-state index is -0.348. The fourth-order valence-corrected chi connectivity index (χ4v) is 1.76. The van der Waals surface area contributed by atoms with E-state index in [2.05, 4.69) is 10.2 Å². The first-order chi connectivity index (χ1) is 9.13. The maximum absolute atomic E-state index is 12.3. The van der Waals surface area contributed by atoms with E-state index in [1.54, 1.807) is 18.2 Å². The SMILES string of the molecule is CCN(C(=O)c1ccc(=O)[nH]n1)c1ccccc1N. The zero-order chi connectivity index (χ0) is 13.8. The number of aromatic amines is 1. The van der Waals surface area contributed by atoms with Crippen molar-refractivity contribution in [2.75, 3.05) is 17.2 Å². The molecule has 1 aromatic carbocycles. The van der Waals surface area contributed by atoms with E-state index in [9.17, 15) is 9.59 Å². The molecule has 2 aromatic rings. The summed E-state index contributed by atoms with van der Waals surface area (Å²) in [7, 11) is 0. The topological polar surface area (TPSA) is 92.1 Å². The third kappa shape index (κ3) is 2.62. The first-order valence-corrected chi connectivity index (χ1v) is 5.85. The summed E-state index contributed by atoms with van der Waals surface area (Å²) in [4.78, 5) is 24.8. The van der Waals surface area contributed by atoms with Crippen molar-refractivity contribution >= 4 is 17.3 Å². The summed E-state index contributed by atoms with van der Waals surface area (Å²) in [5, 5.41) is 5.97. The van der Waals surface area contributed by atoms with Gasteiger partial charge in [0.05, 0.1) is 11.4 Å². The molecule has 1 aromatic heterocycles. The first kappa shape index (κ1) is 12.8. The molecule has 1 heterocycles. The van der Waals surface area contributed by atoms with Crippen LogP contribution in [0.1, 0.15) is 17.4 Å². The summed E-state index contributed by atoms with van der Waals surface area (Å²) in [6, 6.07) is 9.76. The summed E-state index contributed by atoms with van der Waals surface area (Å²) in [5.74, 6) is -0.309. The fraction of sp³-hybridized carbons (Fsp3) is 0.154. The Morgan fingerprint density at radius 1 is 1.32 bits per heavy atom. The monoisotopic (exact) mass is 258 g/mol. The van der Waals surface area contributed by atoms with Gasteiger partial charge in [-0.3, -0.25) is 9.59 Å². The smallest absolute Gasteiger partial charge is 0.278 e. The first-order valence-electron chi connectivity index (χ1n) is 5.85. The molecule has 0 spiro atoms. The Labute approximate surface area is 109 Å². The van der Waals surface area contributed by atoms with Crippen LogP contribution in [0.2, 0.25) is 0 Å². The van der Waals surface area contributed by atoms with E-state index in [1.807, 2.05) is 13.0 Å². The molecule has 19 heavy (non-hydrogen) atoms. The zero-order valence-corrected chi connectivity index (χ0v) is 10.5. The van der Waals surface area contributed by atoms with Gasteiger partial charge in [-0.2, -0.15) is 5.10 Å². The number of anilines is 2. The molecule has 3 N–H and O–H groups in total. The molecule has 0 aliphatic carbocycles. The van der Waals surface area contributed by atoms with E-state index in [0.29, 0.717) is 17.9 Å². The minimum Gasteiger partial charge on any atom is -0.397 e. The number of H-pyrrole nitrogens is 1. The van der Waals surface area contributed by atoms with Gasteiger partial charge >= 0.3 is 0 Å². The second-order valence-electron chi connectivity index (χ2n) is 3.91. The number of nitrogens with one attached hydrogen (secondary N) is 1. The molecule has 0 atom stereocenters. The van der Waals surface area contributed by atoms with E-state index in [4.69, 9.17) is 5.73 Å². The van der Waals surface area contributed by atoms with Gasteiger partial charge in [0.15, 0.2) is 0 Å². The number of amides is 1. The van der Waals surface area contributed by atoms with E-state index >= 15 is 0 Å². The van der Waals surface area contributed by atoms with Crippen molar-refractivity contribution < 1.29 is 4.79 Å². The molecule has 6 heteroatoms. The number of hydrogen-bond acceptors (Lipinski definition) is 4. The summed E-state index contributed by atoms with van der Waals surface area (Å²) in [5.41, 5.74) is 6.83. The van der Waals surface area contributed by atoms with Gasteiger partial charge in [-0.15, -0.1) is 0 Å². The van der Waals surface area contributed by atoms with Crippen LogP contribution >= 0.6 is 0 Å². The van der Waals surface area contributed by atoms with Crippen LogP contribution < -0.4 is 16.2 Å².